The first-order valence-corrected chi connectivity index (χ1v) is 18.8. The second kappa shape index (κ2) is 16.3. The summed E-state index contributed by atoms with van der Waals surface area (Å²) in [6, 6.07) is 6.59. The van der Waals surface area contributed by atoms with Gasteiger partial charge in [0, 0.05) is 57.6 Å². The number of hydrogen-bond donors (Lipinski definition) is 5. The van der Waals surface area contributed by atoms with Crippen LogP contribution in [0.5, 0.6) is 0 Å². The minimum atomic E-state index is -0.676. The Hall–Kier alpha value is -6.93. The van der Waals surface area contributed by atoms with Gasteiger partial charge in [0.15, 0.2) is 5.65 Å². The lowest BCUT2D eigenvalue weighted by Crippen LogP contribution is -2.35. The molecule has 1 fully saturated rings. The van der Waals surface area contributed by atoms with Crippen LogP contribution < -0.4 is 27.8 Å². The van der Waals surface area contributed by atoms with Crippen LogP contribution >= 0.6 is 0 Å². The van der Waals surface area contributed by atoms with Gasteiger partial charge in [0.05, 0.1) is 46.9 Å². The van der Waals surface area contributed by atoms with Crippen molar-refractivity contribution in [2.24, 2.45) is 11.5 Å². The van der Waals surface area contributed by atoms with E-state index in [1.165, 1.54) is 16.9 Å². The third kappa shape index (κ3) is 7.74. The average Bonchev–Trinajstić information content (AvgIpc) is 3.94. The van der Waals surface area contributed by atoms with E-state index in [2.05, 4.69) is 35.7 Å². The van der Waals surface area contributed by atoms with Crippen LogP contribution in [0.2, 0.25) is 0 Å². The zero-order valence-electron chi connectivity index (χ0n) is 32.7. The Morgan fingerprint density at radius 3 is 2.14 bits per heavy atom. The van der Waals surface area contributed by atoms with Gasteiger partial charge in [0.2, 0.25) is 23.7 Å². The van der Waals surface area contributed by atoms with E-state index < -0.39 is 23.6 Å². The van der Waals surface area contributed by atoms with Crippen molar-refractivity contribution in [3.8, 4) is 0 Å². The van der Waals surface area contributed by atoms with Gasteiger partial charge in [0.1, 0.15) is 16.9 Å². The quantitative estimate of drug-likeness (QED) is 0.0995. The molecule has 20 nitrogen and oxygen atoms in total. The van der Waals surface area contributed by atoms with Crippen molar-refractivity contribution in [1.29, 1.82) is 0 Å². The minimum absolute atomic E-state index is 0.148. The number of carbonyl (C=O) groups excluding carboxylic acids is 4. The third-order valence-corrected chi connectivity index (χ3v) is 9.89. The van der Waals surface area contributed by atoms with Gasteiger partial charge < -0.3 is 26.5 Å². The number of fused-ring (bicyclic) bond motifs is 2. The summed E-state index contributed by atoms with van der Waals surface area (Å²) in [7, 11) is 0. The van der Waals surface area contributed by atoms with Gasteiger partial charge in [-0.2, -0.15) is 10.2 Å². The van der Waals surface area contributed by atoms with Gasteiger partial charge in [-0.1, -0.05) is 12.2 Å². The number of morpholine rings is 1. The molecule has 0 radical (unpaired) electrons. The smallest absolute Gasteiger partial charge is 0.278 e. The van der Waals surface area contributed by atoms with E-state index in [0.29, 0.717) is 90.8 Å². The Bertz CT molecular complexity index is 2610. The van der Waals surface area contributed by atoms with Gasteiger partial charge in [0.25, 0.3) is 11.8 Å². The van der Waals surface area contributed by atoms with Crippen LogP contribution in [0, 0.1) is 13.8 Å². The number of benzene rings is 1. The largest absolute Gasteiger partial charge is 0.395 e. The highest BCUT2D eigenvalue weighted by molar-refractivity contribution is 6.07. The number of nitrogens with one attached hydrogen (secondary N) is 2. The molecule has 7 rings (SSSR count). The van der Waals surface area contributed by atoms with Crippen molar-refractivity contribution in [3.63, 3.8) is 0 Å². The number of aryl methyl sites for hydroxylation is 4. The molecular weight excluding hydrogens is 747 g/mol. The molecule has 4 amide bonds. The Balaban J connectivity index is 1.26. The van der Waals surface area contributed by atoms with E-state index in [9.17, 15) is 19.2 Å². The summed E-state index contributed by atoms with van der Waals surface area (Å²) >= 11 is 0. The maximum atomic E-state index is 13.7. The van der Waals surface area contributed by atoms with Gasteiger partial charge in [-0.25, -0.2) is 15.0 Å². The third-order valence-electron chi connectivity index (χ3n) is 9.89. The zero-order chi connectivity index (χ0) is 41.2. The van der Waals surface area contributed by atoms with E-state index in [4.69, 9.17) is 26.9 Å². The number of hydrogen-bond acceptors (Lipinski definition) is 12. The molecule has 1 aromatic carbocycles. The molecule has 6 aromatic rings. The molecule has 6 heterocycles. The molecule has 1 aliphatic rings. The molecule has 0 atom stereocenters. The van der Waals surface area contributed by atoms with Crippen molar-refractivity contribution < 1.29 is 23.9 Å². The summed E-state index contributed by atoms with van der Waals surface area (Å²) in [5, 5.41) is 14.6. The number of rotatable bonds is 14. The van der Waals surface area contributed by atoms with Crippen LogP contribution in [-0.4, -0.2) is 98.5 Å². The highest BCUT2D eigenvalue weighted by Gasteiger charge is 2.24. The molecular formula is C38H45N15O5. The summed E-state index contributed by atoms with van der Waals surface area (Å²) in [4.78, 5) is 68.0. The summed E-state index contributed by atoms with van der Waals surface area (Å²) in [5.41, 5.74) is 22.7. The molecule has 302 valence electrons. The number of aromatic nitrogens is 9. The molecule has 1 aliphatic heterocycles. The number of anilines is 3. The first-order chi connectivity index (χ1) is 27.9. The van der Waals surface area contributed by atoms with Crippen molar-refractivity contribution in [1.82, 2.24) is 48.5 Å². The number of nitrogens with zero attached hydrogens (tertiary/aromatic N) is 10. The highest BCUT2D eigenvalue weighted by Crippen LogP contribution is 2.28. The number of amides is 4. The number of primary amides is 2. The van der Waals surface area contributed by atoms with Gasteiger partial charge >= 0.3 is 0 Å². The minimum Gasteiger partial charge on any atom is -0.395 e. The number of ether oxygens (including phenoxy) is 1. The maximum absolute atomic E-state index is 13.7. The normalized spacial score (nSPS) is 13.5. The molecule has 0 unspecified atom stereocenters. The van der Waals surface area contributed by atoms with E-state index in [-0.39, 0.29) is 41.9 Å². The maximum Gasteiger partial charge on any atom is 0.278 e. The molecule has 0 spiro atoms. The topological polar surface area (TPSA) is 267 Å². The lowest BCUT2D eigenvalue weighted by Gasteiger charge is -2.27. The predicted octanol–water partition coefficient (Wildman–Crippen LogP) is 2.20. The fraction of sp³-hybridized carbons (Fsp3) is 0.342. The lowest BCUT2D eigenvalue weighted by molar-refractivity contribution is 0.0343. The fourth-order valence-corrected chi connectivity index (χ4v) is 7.02. The molecule has 0 bridgehead atoms. The van der Waals surface area contributed by atoms with E-state index in [1.54, 1.807) is 34.4 Å². The van der Waals surface area contributed by atoms with E-state index in [1.807, 2.05) is 37.5 Å². The average molecular weight is 792 g/mol. The monoisotopic (exact) mass is 791 g/mol. The summed E-state index contributed by atoms with van der Waals surface area (Å²) in [6.45, 7) is 11.6. The molecule has 5 aromatic heterocycles. The summed E-state index contributed by atoms with van der Waals surface area (Å²) < 4.78 is 12.2. The number of imidazole rings is 2. The second-order valence-corrected chi connectivity index (χ2v) is 13.8. The Morgan fingerprint density at radius 1 is 0.810 bits per heavy atom. The fourth-order valence-electron chi connectivity index (χ4n) is 7.02. The van der Waals surface area contributed by atoms with Gasteiger partial charge in [-0.05, 0) is 57.5 Å². The molecule has 1 saturated heterocycles. The molecule has 58 heavy (non-hydrogen) atoms. The van der Waals surface area contributed by atoms with Crippen LogP contribution in [0.15, 0.2) is 42.6 Å². The number of pyridine rings is 1. The molecule has 0 aliphatic carbocycles. The SMILES string of the molecule is CCn1nc(C)cc1C(=O)Nc1nc2cc(C(N)=O)cc(CN3CCOCC3)c2n1C/C=C/Cn1c(NC(=O)c2c(N)c(C)nn2CC)nc2cc(C(N)=O)cnc21. The standard InChI is InChI=1S/C38H45N15O5/c1-5-52-28(15-21(3)47-52)35(56)45-37-43-26-17-23(32(40)54)16-25(20-49-11-13-58-14-12-49)30(26)50(37)9-7-8-10-51-34-27(18-24(19-42-34)33(41)55)44-38(51)46-36(57)31-29(39)22(4)48-53(31)6-2/h7-8,15-19H,5-6,9-14,20,39H2,1-4H3,(H2,40,54)(H2,41,55)(H,43,45,56)(H,44,46,57)/b8-7+. The first kappa shape index (κ1) is 39.3. The Labute approximate surface area is 332 Å². The predicted molar refractivity (Wildman–Crippen MR) is 215 cm³/mol. The van der Waals surface area contributed by atoms with E-state index >= 15 is 0 Å². The van der Waals surface area contributed by atoms with Crippen molar-refractivity contribution in [2.75, 3.05) is 42.7 Å². The number of carbonyl (C=O) groups is 4. The number of nitrogen functional groups attached to an aromatic ring is 1. The van der Waals surface area contributed by atoms with Gasteiger partial charge in [-0.3, -0.25) is 48.6 Å². The number of nitrogens with two attached hydrogens (primary N) is 3. The second-order valence-electron chi connectivity index (χ2n) is 13.8. The lowest BCUT2D eigenvalue weighted by atomic mass is 10.1. The highest BCUT2D eigenvalue weighted by atomic mass is 16.5. The molecule has 0 saturated carbocycles. The van der Waals surface area contributed by atoms with Crippen LogP contribution in [-0.2, 0) is 37.5 Å². The van der Waals surface area contributed by atoms with E-state index in [0.717, 1.165) is 5.56 Å². The van der Waals surface area contributed by atoms with Crippen LogP contribution in [0.3, 0.4) is 0 Å². The molecule has 20 heteroatoms. The van der Waals surface area contributed by atoms with Crippen molar-refractivity contribution >= 4 is 63.4 Å². The van der Waals surface area contributed by atoms with Crippen LogP contribution in [0.4, 0.5) is 17.6 Å². The molecule has 8 N–H and O–H groups in total. The summed E-state index contributed by atoms with van der Waals surface area (Å²) in [6.07, 6.45) is 5.07. The van der Waals surface area contributed by atoms with Crippen LogP contribution in [0.1, 0.15) is 72.5 Å². The first-order valence-electron chi connectivity index (χ1n) is 18.8. The zero-order valence-corrected chi connectivity index (χ0v) is 32.7. The van der Waals surface area contributed by atoms with Crippen LogP contribution in [0.25, 0.3) is 22.2 Å². The summed E-state index contributed by atoms with van der Waals surface area (Å²) in [5.74, 6) is -1.81. The Kier molecular flexibility index (Phi) is 11.0. The van der Waals surface area contributed by atoms with Crippen molar-refractivity contribution in [2.45, 2.75) is 60.4 Å². The van der Waals surface area contributed by atoms with Crippen molar-refractivity contribution in [3.05, 3.63) is 82.1 Å². The number of allylic oxidation sites excluding steroid dienone is 2. The van der Waals surface area contributed by atoms with Gasteiger partial charge in [-0.15, -0.1) is 0 Å². The Morgan fingerprint density at radius 2 is 1.45 bits per heavy atom.